The fourth-order valence-electron chi connectivity index (χ4n) is 2.52. The fourth-order valence-corrected chi connectivity index (χ4v) is 2.52. The molecule has 2 rings (SSSR count). The maximum absolute atomic E-state index is 12.2. The van der Waals surface area contributed by atoms with Gasteiger partial charge in [0.25, 0.3) is 5.91 Å². The molecule has 0 aliphatic carbocycles. The highest BCUT2D eigenvalue weighted by molar-refractivity contribution is 5.89. The second-order valence-electron chi connectivity index (χ2n) is 4.68. The highest BCUT2D eigenvalue weighted by atomic mass is 16.5. The van der Waals surface area contributed by atoms with Crippen molar-refractivity contribution in [1.82, 2.24) is 4.90 Å². The van der Waals surface area contributed by atoms with E-state index in [4.69, 9.17) is 9.84 Å². The molecule has 0 aromatic rings. The van der Waals surface area contributed by atoms with E-state index in [2.05, 4.69) is 0 Å². The molecule has 2 aliphatic rings. The van der Waals surface area contributed by atoms with Crippen molar-refractivity contribution in [2.75, 3.05) is 13.2 Å². The molecule has 0 aromatic carbocycles. The molecule has 0 spiro atoms. The normalized spacial score (nSPS) is 34.3. The molecular formula is C11H17NO4. The lowest BCUT2D eigenvalue weighted by atomic mass is 10.0. The Morgan fingerprint density at radius 2 is 2.19 bits per heavy atom. The first-order chi connectivity index (χ1) is 7.54. The molecule has 0 radical (unpaired) electrons. The van der Waals surface area contributed by atoms with Crippen LogP contribution in [0.25, 0.3) is 0 Å². The lowest BCUT2D eigenvalue weighted by Crippen LogP contribution is -2.50. The number of likely N-dealkylation sites (tertiary alicyclic amines) is 1. The summed E-state index contributed by atoms with van der Waals surface area (Å²) in [5.74, 6) is -1.07. The van der Waals surface area contributed by atoms with Crippen LogP contribution in [0.2, 0.25) is 0 Å². The van der Waals surface area contributed by atoms with Crippen LogP contribution < -0.4 is 0 Å². The third-order valence-electron chi connectivity index (χ3n) is 3.47. The number of carboxylic acid groups (broad SMARTS) is 1. The molecule has 90 valence electrons. The molecule has 5 heteroatoms. The summed E-state index contributed by atoms with van der Waals surface area (Å²) in [5.41, 5.74) is -0.794. The lowest BCUT2D eigenvalue weighted by molar-refractivity contribution is -0.158. The van der Waals surface area contributed by atoms with E-state index in [1.54, 1.807) is 6.92 Å². The molecule has 2 aliphatic heterocycles. The van der Waals surface area contributed by atoms with E-state index in [1.807, 2.05) is 0 Å². The Bertz CT molecular complexity index is 309. The Morgan fingerprint density at radius 1 is 1.44 bits per heavy atom. The summed E-state index contributed by atoms with van der Waals surface area (Å²) in [6.07, 6.45) is 2.87. The van der Waals surface area contributed by atoms with Crippen LogP contribution >= 0.6 is 0 Å². The van der Waals surface area contributed by atoms with Gasteiger partial charge < -0.3 is 14.7 Å². The summed E-state index contributed by atoms with van der Waals surface area (Å²) in [6, 6.07) is -0.659. The molecule has 2 atom stereocenters. The zero-order valence-corrected chi connectivity index (χ0v) is 9.44. The molecule has 1 N–H and O–H groups in total. The Balaban J connectivity index is 2.12. The topological polar surface area (TPSA) is 66.8 Å². The summed E-state index contributed by atoms with van der Waals surface area (Å²) < 4.78 is 5.46. The van der Waals surface area contributed by atoms with Gasteiger partial charge in [-0.25, -0.2) is 4.79 Å². The number of hydrogen-bond acceptors (Lipinski definition) is 3. The van der Waals surface area contributed by atoms with E-state index >= 15 is 0 Å². The molecule has 0 saturated carbocycles. The average molecular weight is 227 g/mol. The van der Waals surface area contributed by atoms with Crippen LogP contribution in [0.3, 0.4) is 0 Å². The molecule has 2 heterocycles. The Morgan fingerprint density at radius 3 is 2.75 bits per heavy atom. The largest absolute Gasteiger partial charge is 0.480 e. The van der Waals surface area contributed by atoms with Crippen LogP contribution in [0, 0.1) is 0 Å². The summed E-state index contributed by atoms with van der Waals surface area (Å²) in [7, 11) is 0. The minimum absolute atomic E-state index is 0.157. The van der Waals surface area contributed by atoms with Crippen molar-refractivity contribution in [1.29, 1.82) is 0 Å². The van der Waals surface area contributed by atoms with Gasteiger partial charge in [-0.1, -0.05) is 0 Å². The van der Waals surface area contributed by atoms with Crippen molar-refractivity contribution in [2.24, 2.45) is 0 Å². The van der Waals surface area contributed by atoms with Gasteiger partial charge in [0.15, 0.2) is 0 Å². The highest BCUT2D eigenvalue weighted by Gasteiger charge is 2.45. The van der Waals surface area contributed by atoms with Gasteiger partial charge in [0, 0.05) is 13.2 Å². The predicted octanol–water partition coefficient (Wildman–Crippen LogP) is 0.631. The van der Waals surface area contributed by atoms with E-state index in [0.29, 0.717) is 26.0 Å². The fraction of sp³-hybridized carbons (Fsp3) is 0.818. The summed E-state index contributed by atoms with van der Waals surface area (Å²) in [4.78, 5) is 24.7. The maximum Gasteiger partial charge on any atom is 0.326 e. The molecule has 0 aromatic heterocycles. The Hall–Kier alpha value is -1.10. The first-order valence-electron chi connectivity index (χ1n) is 5.72. The molecule has 0 bridgehead atoms. The molecule has 5 nitrogen and oxygen atoms in total. The van der Waals surface area contributed by atoms with Gasteiger partial charge >= 0.3 is 5.97 Å². The molecule has 2 saturated heterocycles. The monoisotopic (exact) mass is 227 g/mol. The van der Waals surface area contributed by atoms with Crippen LogP contribution in [0.5, 0.6) is 0 Å². The summed E-state index contributed by atoms with van der Waals surface area (Å²) >= 11 is 0. The van der Waals surface area contributed by atoms with E-state index in [-0.39, 0.29) is 5.91 Å². The van der Waals surface area contributed by atoms with Crippen LogP contribution in [0.1, 0.15) is 32.6 Å². The van der Waals surface area contributed by atoms with Crippen molar-refractivity contribution in [3.05, 3.63) is 0 Å². The zero-order chi connectivity index (χ0) is 11.8. The van der Waals surface area contributed by atoms with Gasteiger partial charge in [-0.15, -0.1) is 0 Å². The van der Waals surface area contributed by atoms with Gasteiger partial charge in [0.05, 0.1) is 0 Å². The van der Waals surface area contributed by atoms with Crippen LogP contribution in [-0.4, -0.2) is 46.7 Å². The van der Waals surface area contributed by atoms with Gasteiger partial charge in [-0.3, -0.25) is 4.79 Å². The van der Waals surface area contributed by atoms with Crippen LogP contribution in [0.4, 0.5) is 0 Å². The Kier molecular flexibility index (Phi) is 2.88. The minimum atomic E-state index is -0.910. The number of amides is 1. The number of carbonyl (C=O) groups is 2. The number of rotatable bonds is 2. The lowest BCUT2D eigenvalue weighted by Gasteiger charge is -2.30. The van der Waals surface area contributed by atoms with E-state index in [1.165, 1.54) is 4.90 Å². The first-order valence-corrected chi connectivity index (χ1v) is 5.72. The van der Waals surface area contributed by atoms with Crippen molar-refractivity contribution < 1.29 is 19.4 Å². The van der Waals surface area contributed by atoms with Crippen LogP contribution in [0.15, 0.2) is 0 Å². The highest BCUT2D eigenvalue weighted by Crippen LogP contribution is 2.30. The van der Waals surface area contributed by atoms with Crippen molar-refractivity contribution in [2.45, 2.75) is 44.2 Å². The molecular weight excluding hydrogens is 210 g/mol. The quantitative estimate of drug-likeness (QED) is 0.751. The second-order valence-corrected chi connectivity index (χ2v) is 4.68. The van der Waals surface area contributed by atoms with Crippen molar-refractivity contribution >= 4 is 11.9 Å². The third kappa shape index (κ3) is 1.80. The zero-order valence-electron chi connectivity index (χ0n) is 9.44. The third-order valence-corrected chi connectivity index (χ3v) is 3.47. The molecule has 1 amide bonds. The van der Waals surface area contributed by atoms with E-state index < -0.39 is 17.6 Å². The molecule has 2 fully saturated rings. The number of aliphatic carboxylic acids is 1. The van der Waals surface area contributed by atoms with Crippen molar-refractivity contribution in [3.8, 4) is 0 Å². The number of ether oxygens (including phenoxy) is 1. The first kappa shape index (κ1) is 11.4. The molecule has 2 unspecified atom stereocenters. The average Bonchev–Trinajstić information content (AvgIpc) is 2.85. The standard InChI is InChI=1S/C11H17NO4/c1-11(5-3-7-16-11)10(15)12-6-2-4-8(12)9(13)14/h8H,2-7H2,1H3,(H,13,14). The van der Waals surface area contributed by atoms with Gasteiger partial charge in [-0.05, 0) is 32.6 Å². The summed E-state index contributed by atoms with van der Waals surface area (Å²) in [6.45, 7) is 2.89. The second kappa shape index (κ2) is 4.05. The smallest absolute Gasteiger partial charge is 0.326 e. The van der Waals surface area contributed by atoms with E-state index in [0.717, 1.165) is 12.8 Å². The van der Waals surface area contributed by atoms with Gasteiger partial charge in [-0.2, -0.15) is 0 Å². The predicted molar refractivity (Wildman–Crippen MR) is 56.0 cm³/mol. The summed E-state index contributed by atoms with van der Waals surface area (Å²) in [5, 5.41) is 9.02. The molecule has 16 heavy (non-hydrogen) atoms. The van der Waals surface area contributed by atoms with Gasteiger partial charge in [0.2, 0.25) is 0 Å². The Labute approximate surface area is 94.4 Å². The van der Waals surface area contributed by atoms with Crippen molar-refractivity contribution in [3.63, 3.8) is 0 Å². The van der Waals surface area contributed by atoms with Crippen LogP contribution in [-0.2, 0) is 14.3 Å². The SMILES string of the molecule is CC1(C(=O)N2CCCC2C(=O)O)CCCO1. The van der Waals surface area contributed by atoms with Gasteiger partial charge in [0.1, 0.15) is 11.6 Å². The number of nitrogens with zero attached hydrogens (tertiary/aromatic N) is 1. The number of carboxylic acids is 1. The number of carbonyl (C=O) groups excluding carboxylic acids is 1. The minimum Gasteiger partial charge on any atom is -0.480 e. The maximum atomic E-state index is 12.2. The number of hydrogen-bond donors (Lipinski definition) is 1. The van der Waals surface area contributed by atoms with E-state index in [9.17, 15) is 9.59 Å².